The topological polar surface area (TPSA) is 92.0 Å². The number of halogens is 2. The number of piperidine rings is 1. The molecule has 3 rings (SSSR count). The molecule has 1 saturated heterocycles. The lowest BCUT2D eigenvalue weighted by atomic mass is 10.1. The molecule has 31 heavy (non-hydrogen) atoms. The monoisotopic (exact) mass is 541 g/mol. The predicted octanol–water partition coefficient (Wildman–Crippen LogP) is 3.83. The largest absolute Gasteiger partial charge is 0.454 e. The van der Waals surface area contributed by atoms with E-state index in [-0.39, 0.29) is 41.8 Å². The van der Waals surface area contributed by atoms with Crippen LogP contribution in [0.5, 0.6) is 11.5 Å². The Morgan fingerprint density at radius 3 is 2.45 bits per heavy atom. The predicted molar refractivity (Wildman–Crippen MR) is 130 cm³/mol. The number of nitrogens with two attached hydrogens (primary N) is 1. The van der Waals surface area contributed by atoms with E-state index < -0.39 is 5.82 Å². The molecule has 1 aliphatic rings. The minimum atomic E-state index is -0.409. The molecule has 2 aromatic carbocycles. The number of amides is 2. The minimum Gasteiger partial charge on any atom is -0.454 e. The first-order valence-electron chi connectivity index (χ1n) is 10.2. The number of likely N-dealkylation sites (tertiary alicyclic amines) is 1. The smallest absolute Gasteiger partial charge is 0.314 e. The Labute approximate surface area is 199 Å². The van der Waals surface area contributed by atoms with Gasteiger partial charge in [0.15, 0.2) is 17.5 Å². The Kier molecular flexibility index (Phi) is 9.83. The van der Waals surface area contributed by atoms with E-state index in [1.165, 1.54) is 6.07 Å². The van der Waals surface area contributed by atoms with Gasteiger partial charge in [-0.3, -0.25) is 0 Å². The van der Waals surface area contributed by atoms with Crippen molar-refractivity contribution in [2.75, 3.05) is 19.6 Å². The second-order valence-electron chi connectivity index (χ2n) is 7.08. The molecule has 7 nitrogen and oxygen atoms in total. The van der Waals surface area contributed by atoms with Gasteiger partial charge in [0.25, 0.3) is 0 Å². The second kappa shape index (κ2) is 12.3. The van der Waals surface area contributed by atoms with Crippen molar-refractivity contribution >= 4 is 36.0 Å². The van der Waals surface area contributed by atoms with E-state index in [1.54, 1.807) is 29.2 Å². The first kappa shape index (κ1) is 24.7. The lowest BCUT2D eigenvalue weighted by Gasteiger charge is -2.32. The molecule has 168 valence electrons. The standard InChI is InChI=1S/C22H28FN5O2.HI/c1-2-25-22(27-17-11-13-28(14-12-17)21(24)29)26-15-16-7-3-5-9-19(16)30-20-10-6-4-8-18(20)23;/h3-10,17H,2,11-15H2,1H3,(H2,24,29)(H2,25,26,27);1H. The SMILES string of the molecule is CCNC(=NCc1ccccc1Oc1ccccc1F)NC1CCN(C(N)=O)CC1.I. The number of carbonyl (C=O) groups excluding carboxylic acids is 1. The van der Waals surface area contributed by atoms with Crippen LogP contribution in [0.1, 0.15) is 25.3 Å². The van der Waals surface area contributed by atoms with Crippen molar-refractivity contribution in [3.63, 3.8) is 0 Å². The van der Waals surface area contributed by atoms with E-state index >= 15 is 0 Å². The molecule has 2 amide bonds. The van der Waals surface area contributed by atoms with Crippen molar-refractivity contribution in [3.05, 3.63) is 59.9 Å². The lowest BCUT2D eigenvalue weighted by Crippen LogP contribution is -2.50. The number of nitrogens with zero attached hydrogens (tertiary/aromatic N) is 2. The first-order valence-corrected chi connectivity index (χ1v) is 10.2. The molecule has 1 aliphatic heterocycles. The third-order valence-electron chi connectivity index (χ3n) is 4.93. The number of aliphatic imine (C=N–C) groups is 1. The van der Waals surface area contributed by atoms with Crippen LogP contribution >= 0.6 is 24.0 Å². The molecule has 4 N–H and O–H groups in total. The molecule has 1 heterocycles. The number of hydrogen-bond donors (Lipinski definition) is 3. The normalized spacial score (nSPS) is 14.5. The molecule has 2 aromatic rings. The van der Waals surface area contributed by atoms with Crippen molar-refractivity contribution in [2.45, 2.75) is 32.4 Å². The number of guanidine groups is 1. The summed E-state index contributed by atoms with van der Waals surface area (Å²) in [6.45, 7) is 4.36. The zero-order chi connectivity index (χ0) is 21.3. The van der Waals surface area contributed by atoms with Crippen LogP contribution in [-0.4, -0.2) is 42.6 Å². The molecule has 9 heteroatoms. The van der Waals surface area contributed by atoms with Gasteiger partial charge in [0.05, 0.1) is 6.54 Å². The van der Waals surface area contributed by atoms with Gasteiger partial charge in [-0.15, -0.1) is 24.0 Å². The molecule has 0 aromatic heterocycles. The maximum absolute atomic E-state index is 14.0. The van der Waals surface area contributed by atoms with Gasteiger partial charge in [0.1, 0.15) is 5.75 Å². The lowest BCUT2D eigenvalue weighted by molar-refractivity contribution is 0.188. The van der Waals surface area contributed by atoms with Crippen molar-refractivity contribution < 1.29 is 13.9 Å². The van der Waals surface area contributed by atoms with Crippen LogP contribution in [0.3, 0.4) is 0 Å². The number of para-hydroxylation sites is 2. The summed E-state index contributed by atoms with van der Waals surface area (Å²) in [5, 5.41) is 6.67. The van der Waals surface area contributed by atoms with Gasteiger partial charge < -0.3 is 26.0 Å². The van der Waals surface area contributed by atoms with Crippen LogP contribution in [0, 0.1) is 5.82 Å². The highest BCUT2D eigenvalue weighted by molar-refractivity contribution is 14.0. The summed E-state index contributed by atoms with van der Waals surface area (Å²) < 4.78 is 19.7. The summed E-state index contributed by atoms with van der Waals surface area (Å²) in [5.74, 6) is 1.03. The zero-order valence-corrected chi connectivity index (χ0v) is 19.8. The Morgan fingerprint density at radius 2 is 1.81 bits per heavy atom. The van der Waals surface area contributed by atoms with Gasteiger partial charge in [-0.1, -0.05) is 30.3 Å². The average molecular weight is 541 g/mol. The molecule has 0 aliphatic carbocycles. The number of rotatable bonds is 6. The number of carbonyl (C=O) groups is 1. The number of hydrogen-bond acceptors (Lipinski definition) is 3. The molecule has 1 fully saturated rings. The van der Waals surface area contributed by atoms with Crippen LogP contribution < -0.4 is 21.1 Å². The number of urea groups is 1. The maximum atomic E-state index is 14.0. The minimum absolute atomic E-state index is 0. The third kappa shape index (κ3) is 7.27. The van der Waals surface area contributed by atoms with Crippen LogP contribution in [0.15, 0.2) is 53.5 Å². The molecular formula is C22H29FIN5O2. The quantitative estimate of drug-likeness (QED) is 0.295. The highest BCUT2D eigenvalue weighted by Crippen LogP contribution is 2.27. The summed E-state index contributed by atoms with van der Waals surface area (Å²) in [5.41, 5.74) is 6.20. The molecular weight excluding hydrogens is 512 g/mol. The zero-order valence-electron chi connectivity index (χ0n) is 17.5. The average Bonchev–Trinajstić information content (AvgIpc) is 2.75. The van der Waals surface area contributed by atoms with E-state index in [0.29, 0.717) is 31.3 Å². The number of benzene rings is 2. The third-order valence-corrected chi connectivity index (χ3v) is 4.93. The Morgan fingerprint density at radius 1 is 1.16 bits per heavy atom. The van der Waals surface area contributed by atoms with Crippen LogP contribution in [-0.2, 0) is 6.54 Å². The van der Waals surface area contributed by atoms with Crippen molar-refractivity contribution in [1.29, 1.82) is 0 Å². The van der Waals surface area contributed by atoms with E-state index in [2.05, 4.69) is 15.6 Å². The Hall–Kier alpha value is -2.56. The highest BCUT2D eigenvalue weighted by Gasteiger charge is 2.21. The van der Waals surface area contributed by atoms with Crippen molar-refractivity contribution in [1.82, 2.24) is 15.5 Å². The molecule has 0 saturated carbocycles. The Balaban J connectivity index is 0.00000341. The molecule has 0 radical (unpaired) electrons. The molecule has 0 bridgehead atoms. The molecule has 0 spiro atoms. The number of nitrogens with one attached hydrogen (secondary N) is 2. The van der Waals surface area contributed by atoms with E-state index in [0.717, 1.165) is 24.9 Å². The molecule has 0 atom stereocenters. The summed E-state index contributed by atoms with van der Waals surface area (Å²) >= 11 is 0. The van der Waals surface area contributed by atoms with E-state index in [1.807, 2.05) is 25.1 Å². The first-order chi connectivity index (χ1) is 14.6. The summed E-state index contributed by atoms with van der Waals surface area (Å²) in [7, 11) is 0. The van der Waals surface area contributed by atoms with E-state index in [4.69, 9.17) is 10.5 Å². The Bertz CT molecular complexity index is 888. The summed E-state index contributed by atoms with van der Waals surface area (Å²) in [4.78, 5) is 17.6. The van der Waals surface area contributed by atoms with Crippen LogP contribution in [0.4, 0.5) is 9.18 Å². The summed E-state index contributed by atoms with van der Waals surface area (Å²) in [6.07, 6.45) is 1.61. The van der Waals surface area contributed by atoms with Gasteiger partial charge in [-0.25, -0.2) is 14.2 Å². The van der Waals surface area contributed by atoms with E-state index in [9.17, 15) is 9.18 Å². The van der Waals surface area contributed by atoms with Gasteiger partial charge in [0.2, 0.25) is 0 Å². The van der Waals surface area contributed by atoms with Crippen LogP contribution in [0.2, 0.25) is 0 Å². The fourth-order valence-electron chi connectivity index (χ4n) is 3.30. The number of ether oxygens (including phenoxy) is 1. The number of primary amides is 1. The van der Waals surface area contributed by atoms with Gasteiger partial charge in [-0.05, 0) is 38.0 Å². The van der Waals surface area contributed by atoms with Crippen molar-refractivity contribution in [2.24, 2.45) is 10.7 Å². The van der Waals surface area contributed by atoms with Gasteiger partial charge >= 0.3 is 6.03 Å². The van der Waals surface area contributed by atoms with Gasteiger partial charge in [0, 0.05) is 31.2 Å². The van der Waals surface area contributed by atoms with Crippen molar-refractivity contribution in [3.8, 4) is 11.5 Å². The van der Waals surface area contributed by atoms with Crippen LogP contribution in [0.25, 0.3) is 0 Å². The second-order valence-corrected chi connectivity index (χ2v) is 7.08. The van der Waals surface area contributed by atoms with Gasteiger partial charge in [-0.2, -0.15) is 0 Å². The summed E-state index contributed by atoms with van der Waals surface area (Å²) in [6, 6.07) is 13.6. The molecule has 0 unspecified atom stereocenters. The highest BCUT2D eigenvalue weighted by atomic mass is 127. The maximum Gasteiger partial charge on any atom is 0.314 e. The fraction of sp³-hybridized carbons (Fsp3) is 0.364. The fourth-order valence-corrected chi connectivity index (χ4v) is 3.30.